The van der Waals surface area contributed by atoms with Crippen LogP contribution in [0.1, 0.15) is 89.2 Å². The zero-order chi connectivity index (χ0) is 29.5. The summed E-state index contributed by atoms with van der Waals surface area (Å²) in [6.07, 6.45) is 14.6. The van der Waals surface area contributed by atoms with Gasteiger partial charge in [-0.2, -0.15) is 0 Å². The van der Waals surface area contributed by atoms with Crippen molar-refractivity contribution in [1.29, 1.82) is 0 Å². The van der Waals surface area contributed by atoms with Gasteiger partial charge in [0.25, 0.3) is 0 Å². The first-order valence-electron chi connectivity index (χ1n) is 16.5. The standard InChI is InChI=1S/C41H44N2/c1-3-5-7-15-25-41(26-16-8-6-4-2)36-21-13-12-20-34(36)35-24-23-32(28-37(35)41)33-29-39(31-18-10-9-11-19-31)43-40(30-33)38-22-14-17-27-42-38/h9-14,17-24,27-30H,3-8,15-16,25-26H2,1-2H3. The average molecular weight is 565 g/mol. The van der Waals surface area contributed by atoms with Gasteiger partial charge in [-0.15, -0.1) is 0 Å². The van der Waals surface area contributed by atoms with E-state index in [-0.39, 0.29) is 5.41 Å². The Morgan fingerprint density at radius 1 is 0.488 bits per heavy atom. The first-order chi connectivity index (χ1) is 21.2. The maximum atomic E-state index is 5.09. The minimum atomic E-state index is 0.0719. The molecule has 3 aromatic carbocycles. The Labute approximate surface area is 258 Å². The number of unbranched alkanes of at least 4 members (excludes halogenated alkanes) is 6. The molecule has 2 nitrogen and oxygen atoms in total. The van der Waals surface area contributed by atoms with Crippen LogP contribution in [0.2, 0.25) is 0 Å². The molecule has 0 saturated carbocycles. The van der Waals surface area contributed by atoms with Crippen molar-refractivity contribution in [3.63, 3.8) is 0 Å². The predicted molar refractivity (Wildman–Crippen MR) is 182 cm³/mol. The van der Waals surface area contributed by atoms with Crippen molar-refractivity contribution in [2.24, 2.45) is 0 Å². The fraction of sp³-hybridized carbons (Fsp3) is 0.317. The summed E-state index contributed by atoms with van der Waals surface area (Å²) in [5, 5.41) is 0. The first-order valence-corrected chi connectivity index (χ1v) is 16.5. The SMILES string of the molecule is CCCCCCC1(CCCCCC)c2ccccc2-c2ccc(-c3cc(-c4ccccc4)nc(-c4ccccn4)c3)cc21. The number of benzene rings is 3. The van der Waals surface area contributed by atoms with Crippen molar-refractivity contribution in [1.82, 2.24) is 9.97 Å². The fourth-order valence-electron chi connectivity index (χ4n) is 7.11. The highest BCUT2D eigenvalue weighted by Crippen LogP contribution is 2.55. The molecule has 2 aromatic heterocycles. The van der Waals surface area contributed by atoms with E-state index in [1.54, 1.807) is 5.56 Å². The molecule has 6 rings (SSSR count). The monoisotopic (exact) mass is 564 g/mol. The van der Waals surface area contributed by atoms with Gasteiger partial charge in [0, 0.05) is 17.2 Å². The van der Waals surface area contributed by atoms with Crippen LogP contribution in [0, 0.1) is 0 Å². The van der Waals surface area contributed by atoms with Gasteiger partial charge in [-0.05, 0) is 76.6 Å². The van der Waals surface area contributed by atoms with Gasteiger partial charge < -0.3 is 0 Å². The molecule has 0 spiro atoms. The first kappa shape index (κ1) is 29.1. The summed E-state index contributed by atoms with van der Waals surface area (Å²) >= 11 is 0. The van der Waals surface area contributed by atoms with Gasteiger partial charge in [-0.3, -0.25) is 4.98 Å². The highest BCUT2D eigenvalue weighted by molar-refractivity contribution is 5.85. The Kier molecular flexibility index (Phi) is 9.13. The Balaban J connectivity index is 1.48. The minimum absolute atomic E-state index is 0.0719. The van der Waals surface area contributed by atoms with Gasteiger partial charge in [0.1, 0.15) is 0 Å². The quantitative estimate of drug-likeness (QED) is 0.133. The predicted octanol–water partition coefficient (Wildman–Crippen LogP) is 11.7. The zero-order valence-electron chi connectivity index (χ0n) is 25.9. The molecule has 0 unspecified atom stereocenters. The molecule has 43 heavy (non-hydrogen) atoms. The summed E-state index contributed by atoms with van der Waals surface area (Å²) in [7, 11) is 0. The van der Waals surface area contributed by atoms with Crippen LogP contribution in [0.4, 0.5) is 0 Å². The van der Waals surface area contributed by atoms with Crippen LogP contribution in [-0.2, 0) is 5.41 Å². The molecule has 0 N–H and O–H groups in total. The number of fused-ring (bicyclic) bond motifs is 3. The highest BCUT2D eigenvalue weighted by Gasteiger charge is 2.42. The van der Waals surface area contributed by atoms with E-state index >= 15 is 0 Å². The second kappa shape index (κ2) is 13.5. The molecule has 0 atom stereocenters. The van der Waals surface area contributed by atoms with E-state index in [9.17, 15) is 0 Å². The van der Waals surface area contributed by atoms with Crippen molar-refractivity contribution in [3.8, 4) is 44.9 Å². The number of nitrogens with zero attached hydrogens (tertiary/aromatic N) is 2. The lowest BCUT2D eigenvalue weighted by Crippen LogP contribution is -2.25. The van der Waals surface area contributed by atoms with Crippen molar-refractivity contribution in [2.45, 2.75) is 83.5 Å². The van der Waals surface area contributed by atoms with Crippen molar-refractivity contribution in [2.75, 3.05) is 0 Å². The highest BCUT2D eigenvalue weighted by atomic mass is 14.8. The molecular formula is C41H44N2. The van der Waals surface area contributed by atoms with Gasteiger partial charge >= 0.3 is 0 Å². The summed E-state index contributed by atoms with van der Waals surface area (Å²) in [5.74, 6) is 0. The van der Waals surface area contributed by atoms with E-state index in [0.29, 0.717) is 0 Å². The summed E-state index contributed by atoms with van der Waals surface area (Å²) in [4.78, 5) is 9.75. The van der Waals surface area contributed by atoms with E-state index in [0.717, 1.165) is 22.6 Å². The summed E-state index contributed by atoms with van der Waals surface area (Å²) in [6, 6.07) is 37.6. The zero-order valence-corrected chi connectivity index (χ0v) is 25.9. The second-order valence-corrected chi connectivity index (χ2v) is 12.2. The summed E-state index contributed by atoms with van der Waals surface area (Å²) < 4.78 is 0. The largest absolute Gasteiger partial charge is 0.255 e. The van der Waals surface area contributed by atoms with Gasteiger partial charge in [0.15, 0.2) is 0 Å². The number of hydrogen-bond donors (Lipinski definition) is 0. The molecular weight excluding hydrogens is 520 g/mol. The topological polar surface area (TPSA) is 25.8 Å². The molecule has 0 saturated heterocycles. The van der Waals surface area contributed by atoms with E-state index in [4.69, 9.17) is 4.98 Å². The maximum Gasteiger partial charge on any atom is 0.0899 e. The van der Waals surface area contributed by atoms with Crippen molar-refractivity contribution >= 4 is 0 Å². The fourth-order valence-corrected chi connectivity index (χ4v) is 7.11. The van der Waals surface area contributed by atoms with Crippen LogP contribution in [0.5, 0.6) is 0 Å². The average Bonchev–Trinajstić information content (AvgIpc) is 3.35. The normalized spacial score (nSPS) is 13.1. The number of aromatic nitrogens is 2. The van der Waals surface area contributed by atoms with Crippen molar-refractivity contribution in [3.05, 3.63) is 120 Å². The Bertz CT molecular complexity index is 1570. The molecule has 2 heterocycles. The number of hydrogen-bond acceptors (Lipinski definition) is 2. The third kappa shape index (κ3) is 6.07. The molecule has 1 aliphatic carbocycles. The number of pyridine rings is 2. The van der Waals surface area contributed by atoms with E-state index < -0.39 is 0 Å². The lowest BCUT2D eigenvalue weighted by molar-refractivity contribution is 0.401. The van der Waals surface area contributed by atoms with E-state index in [2.05, 4.69) is 110 Å². The van der Waals surface area contributed by atoms with Gasteiger partial charge in [-0.1, -0.05) is 138 Å². The summed E-state index contributed by atoms with van der Waals surface area (Å²) in [5.41, 5.74) is 12.4. The van der Waals surface area contributed by atoms with Crippen LogP contribution in [0.25, 0.3) is 44.9 Å². The van der Waals surface area contributed by atoms with Gasteiger partial charge in [-0.25, -0.2) is 4.98 Å². The third-order valence-electron chi connectivity index (χ3n) is 9.34. The second-order valence-electron chi connectivity index (χ2n) is 12.2. The van der Waals surface area contributed by atoms with Crippen LogP contribution < -0.4 is 0 Å². The number of rotatable bonds is 13. The minimum Gasteiger partial charge on any atom is -0.255 e. The Hall–Kier alpha value is -4.04. The molecule has 0 bridgehead atoms. The molecule has 5 aromatic rings. The molecule has 0 fully saturated rings. The van der Waals surface area contributed by atoms with Gasteiger partial charge in [0.2, 0.25) is 0 Å². The molecule has 218 valence electrons. The smallest absolute Gasteiger partial charge is 0.0899 e. The van der Waals surface area contributed by atoms with E-state index in [1.165, 1.54) is 92.0 Å². The maximum absolute atomic E-state index is 5.09. The van der Waals surface area contributed by atoms with Crippen LogP contribution in [-0.4, -0.2) is 9.97 Å². The Morgan fingerprint density at radius 3 is 1.88 bits per heavy atom. The molecule has 2 heteroatoms. The summed E-state index contributed by atoms with van der Waals surface area (Å²) in [6.45, 7) is 4.62. The van der Waals surface area contributed by atoms with Gasteiger partial charge in [0.05, 0.1) is 17.1 Å². The van der Waals surface area contributed by atoms with Crippen LogP contribution in [0.15, 0.2) is 109 Å². The van der Waals surface area contributed by atoms with E-state index in [1.807, 2.05) is 18.3 Å². The molecule has 0 aliphatic heterocycles. The van der Waals surface area contributed by atoms with Crippen LogP contribution >= 0.6 is 0 Å². The van der Waals surface area contributed by atoms with Crippen molar-refractivity contribution < 1.29 is 0 Å². The third-order valence-corrected chi connectivity index (χ3v) is 9.34. The molecule has 0 amide bonds. The van der Waals surface area contributed by atoms with Crippen LogP contribution in [0.3, 0.4) is 0 Å². The molecule has 0 radical (unpaired) electrons. The lowest BCUT2D eigenvalue weighted by Gasteiger charge is -2.33. The lowest BCUT2D eigenvalue weighted by atomic mass is 9.70. The molecule has 1 aliphatic rings. The Morgan fingerprint density at radius 2 is 1.16 bits per heavy atom.